The van der Waals surface area contributed by atoms with Crippen molar-refractivity contribution in [3.05, 3.63) is 77.6 Å². The third-order valence-electron chi connectivity index (χ3n) is 5.08. The molecule has 4 aromatic rings. The van der Waals surface area contributed by atoms with E-state index in [9.17, 15) is 4.79 Å². The standard InChI is InChI=1S/C24H24N4O/c1-4-18-8-10-20(11-9-18)26-22(29)15-28-24-23(17(3)27-28)21(12-13-25-24)19-7-5-6-16(2)14-19/h5-14H,4,15H2,1-3H3,(H,26,29). The first-order valence-corrected chi connectivity index (χ1v) is 9.83. The van der Waals surface area contributed by atoms with Gasteiger partial charge in [-0.05, 0) is 55.2 Å². The minimum Gasteiger partial charge on any atom is -0.324 e. The number of nitrogens with one attached hydrogen (secondary N) is 1. The summed E-state index contributed by atoms with van der Waals surface area (Å²) < 4.78 is 1.68. The highest BCUT2D eigenvalue weighted by atomic mass is 16.2. The molecule has 5 nitrogen and oxygen atoms in total. The van der Waals surface area contributed by atoms with Crippen LogP contribution in [0, 0.1) is 13.8 Å². The lowest BCUT2D eigenvalue weighted by atomic mass is 10.0. The topological polar surface area (TPSA) is 59.8 Å². The van der Waals surface area contributed by atoms with Gasteiger partial charge in [-0.3, -0.25) is 4.79 Å². The molecule has 2 heterocycles. The molecule has 0 aliphatic rings. The van der Waals surface area contributed by atoms with E-state index in [0.29, 0.717) is 0 Å². The van der Waals surface area contributed by atoms with E-state index in [1.165, 1.54) is 11.1 Å². The number of fused-ring (bicyclic) bond motifs is 1. The van der Waals surface area contributed by atoms with Crippen molar-refractivity contribution in [3.8, 4) is 11.1 Å². The summed E-state index contributed by atoms with van der Waals surface area (Å²) in [6.07, 6.45) is 2.75. The minimum atomic E-state index is -0.124. The normalized spacial score (nSPS) is 11.0. The van der Waals surface area contributed by atoms with Gasteiger partial charge in [0.15, 0.2) is 5.65 Å². The number of hydrogen-bond acceptors (Lipinski definition) is 3. The molecule has 0 unspecified atom stereocenters. The van der Waals surface area contributed by atoms with E-state index in [4.69, 9.17) is 0 Å². The molecule has 0 aliphatic carbocycles. The molecule has 2 aromatic carbocycles. The average Bonchev–Trinajstić information content (AvgIpc) is 3.04. The number of anilines is 1. The maximum Gasteiger partial charge on any atom is 0.246 e. The number of benzene rings is 2. The lowest BCUT2D eigenvalue weighted by Gasteiger charge is -2.08. The number of pyridine rings is 1. The highest BCUT2D eigenvalue weighted by Gasteiger charge is 2.16. The quantitative estimate of drug-likeness (QED) is 0.531. The summed E-state index contributed by atoms with van der Waals surface area (Å²) in [5.41, 5.74) is 7.02. The van der Waals surface area contributed by atoms with Gasteiger partial charge in [-0.2, -0.15) is 5.10 Å². The van der Waals surface area contributed by atoms with Gasteiger partial charge >= 0.3 is 0 Å². The van der Waals surface area contributed by atoms with Crippen LogP contribution >= 0.6 is 0 Å². The van der Waals surface area contributed by atoms with Crippen LogP contribution in [0.15, 0.2) is 60.8 Å². The number of carbonyl (C=O) groups is 1. The second-order valence-electron chi connectivity index (χ2n) is 7.27. The number of aryl methyl sites for hydroxylation is 3. The Bertz CT molecular complexity index is 1180. The summed E-state index contributed by atoms with van der Waals surface area (Å²) in [4.78, 5) is 17.1. The summed E-state index contributed by atoms with van der Waals surface area (Å²) >= 11 is 0. The van der Waals surface area contributed by atoms with E-state index in [0.717, 1.165) is 40.0 Å². The lowest BCUT2D eigenvalue weighted by molar-refractivity contribution is -0.116. The third-order valence-corrected chi connectivity index (χ3v) is 5.08. The van der Waals surface area contributed by atoms with Crippen molar-refractivity contribution < 1.29 is 4.79 Å². The van der Waals surface area contributed by atoms with Crippen LogP contribution in [0.2, 0.25) is 0 Å². The number of nitrogens with zero attached hydrogens (tertiary/aromatic N) is 3. The molecule has 0 atom stereocenters. The molecule has 0 spiro atoms. The smallest absolute Gasteiger partial charge is 0.246 e. The van der Waals surface area contributed by atoms with E-state index >= 15 is 0 Å². The Morgan fingerprint density at radius 3 is 2.59 bits per heavy atom. The van der Waals surface area contributed by atoms with Gasteiger partial charge in [0.1, 0.15) is 6.54 Å². The van der Waals surface area contributed by atoms with Crippen molar-refractivity contribution in [2.45, 2.75) is 33.7 Å². The van der Waals surface area contributed by atoms with Crippen LogP contribution in [-0.2, 0) is 17.8 Å². The minimum absolute atomic E-state index is 0.115. The first kappa shape index (κ1) is 18.9. The van der Waals surface area contributed by atoms with Crippen LogP contribution in [0.4, 0.5) is 5.69 Å². The van der Waals surface area contributed by atoms with Gasteiger partial charge in [0.2, 0.25) is 5.91 Å². The molecular weight excluding hydrogens is 360 g/mol. The van der Waals surface area contributed by atoms with Crippen molar-refractivity contribution in [1.29, 1.82) is 0 Å². The molecular formula is C24H24N4O. The van der Waals surface area contributed by atoms with Crippen molar-refractivity contribution in [3.63, 3.8) is 0 Å². The fourth-order valence-corrected chi connectivity index (χ4v) is 3.61. The largest absolute Gasteiger partial charge is 0.324 e. The summed E-state index contributed by atoms with van der Waals surface area (Å²) in [6, 6.07) is 18.3. The van der Waals surface area contributed by atoms with Gasteiger partial charge in [-0.1, -0.05) is 48.9 Å². The second-order valence-corrected chi connectivity index (χ2v) is 7.27. The number of carbonyl (C=O) groups excluding carboxylic acids is 1. The number of amides is 1. The summed E-state index contributed by atoms with van der Waals surface area (Å²) in [5, 5.41) is 8.53. The Morgan fingerprint density at radius 1 is 1.07 bits per heavy atom. The Labute approximate surface area is 170 Å². The Kier molecular flexibility index (Phi) is 5.12. The van der Waals surface area contributed by atoms with Crippen LogP contribution in [0.3, 0.4) is 0 Å². The predicted molar refractivity (Wildman–Crippen MR) is 117 cm³/mol. The molecule has 29 heavy (non-hydrogen) atoms. The molecule has 4 rings (SSSR count). The van der Waals surface area contributed by atoms with Crippen LogP contribution in [0.5, 0.6) is 0 Å². The maximum absolute atomic E-state index is 12.6. The van der Waals surface area contributed by atoms with E-state index in [-0.39, 0.29) is 12.5 Å². The lowest BCUT2D eigenvalue weighted by Crippen LogP contribution is -2.19. The SMILES string of the molecule is CCc1ccc(NC(=O)Cn2nc(C)c3c(-c4cccc(C)c4)ccnc32)cc1. The summed E-state index contributed by atoms with van der Waals surface area (Å²) in [7, 11) is 0. The predicted octanol–water partition coefficient (Wildman–Crippen LogP) is 4.92. The Balaban J connectivity index is 1.63. The second kappa shape index (κ2) is 7.87. The third kappa shape index (κ3) is 3.90. The number of aromatic nitrogens is 3. The molecule has 0 saturated carbocycles. The molecule has 0 fully saturated rings. The van der Waals surface area contributed by atoms with Gasteiger partial charge in [0.05, 0.1) is 5.69 Å². The monoisotopic (exact) mass is 384 g/mol. The van der Waals surface area contributed by atoms with E-state index in [1.54, 1.807) is 10.9 Å². The molecule has 0 radical (unpaired) electrons. The Morgan fingerprint density at radius 2 is 1.86 bits per heavy atom. The van der Waals surface area contributed by atoms with Gasteiger partial charge in [-0.15, -0.1) is 0 Å². The fraction of sp³-hybridized carbons (Fsp3) is 0.208. The zero-order valence-corrected chi connectivity index (χ0v) is 16.9. The first-order chi connectivity index (χ1) is 14.0. The van der Waals surface area contributed by atoms with Gasteiger partial charge < -0.3 is 5.32 Å². The van der Waals surface area contributed by atoms with Gasteiger partial charge in [-0.25, -0.2) is 9.67 Å². The fourth-order valence-electron chi connectivity index (χ4n) is 3.61. The van der Waals surface area contributed by atoms with Crippen molar-refractivity contribution in [1.82, 2.24) is 14.8 Å². The highest BCUT2D eigenvalue weighted by molar-refractivity contribution is 5.96. The molecule has 1 amide bonds. The average molecular weight is 384 g/mol. The van der Waals surface area contributed by atoms with E-state index < -0.39 is 0 Å². The van der Waals surface area contributed by atoms with Crippen LogP contribution in [0.25, 0.3) is 22.2 Å². The molecule has 1 N–H and O–H groups in total. The molecule has 5 heteroatoms. The molecule has 0 bridgehead atoms. The van der Waals surface area contributed by atoms with Crippen LogP contribution < -0.4 is 5.32 Å². The summed E-state index contributed by atoms with van der Waals surface area (Å²) in [5.74, 6) is -0.124. The van der Waals surface area contributed by atoms with Crippen molar-refractivity contribution in [2.75, 3.05) is 5.32 Å². The van der Waals surface area contributed by atoms with E-state index in [2.05, 4.69) is 47.4 Å². The summed E-state index contributed by atoms with van der Waals surface area (Å²) in [6.45, 7) is 6.26. The molecule has 0 saturated heterocycles. The number of rotatable bonds is 5. The number of hydrogen-bond donors (Lipinski definition) is 1. The molecule has 146 valence electrons. The highest BCUT2D eigenvalue weighted by Crippen LogP contribution is 2.30. The zero-order chi connectivity index (χ0) is 20.4. The first-order valence-electron chi connectivity index (χ1n) is 9.83. The zero-order valence-electron chi connectivity index (χ0n) is 16.9. The van der Waals surface area contributed by atoms with Crippen LogP contribution in [-0.4, -0.2) is 20.7 Å². The van der Waals surface area contributed by atoms with Gasteiger partial charge in [0, 0.05) is 17.3 Å². The van der Waals surface area contributed by atoms with Crippen molar-refractivity contribution in [2.24, 2.45) is 0 Å². The van der Waals surface area contributed by atoms with Crippen molar-refractivity contribution >= 4 is 22.6 Å². The molecule has 0 aliphatic heterocycles. The van der Waals surface area contributed by atoms with Gasteiger partial charge in [0.25, 0.3) is 0 Å². The van der Waals surface area contributed by atoms with Crippen LogP contribution in [0.1, 0.15) is 23.7 Å². The Hall–Kier alpha value is -3.47. The molecule has 2 aromatic heterocycles. The van der Waals surface area contributed by atoms with E-state index in [1.807, 2.05) is 43.3 Å². The maximum atomic E-state index is 12.6.